The molecular formula is C15H14F5N5OS. The van der Waals surface area contributed by atoms with Gasteiger partial charge in [-0.25, -0.2) is 13.8 Å². The first-order valence-corrected chi connectivity index (χ1v) is 8.63. The van der Waals surface area contributed by atoms with Gasteiger partial charge >= 0.3 is 6.18 Å². The van der Waals surface area contributed by atoms with Crippen LogP contribution < -0.4 is 10.9 Å². The van der Waals surface area contributed by atoms with Gasteiger partial charge < -0.3 is 10.7 Å². The minimum absolute atomic E-state index is 0.0983. The third-order valence-electron chi connectivity index (χ3n) is 4.06. The van der Waals surface area contributed by atoms with Crippen LogP contribution in [0.2, 0.25) is 0 Å². The van der Waals surface area contributed by atoms with E-state index in [0.717, 1.165) is 22.1 Å². The normalized spacial score (nSPS) is 17.8. The lowest BCUT2D eigenvalue weighted by atomic mass is 9.81. The van der Waals surface area contributed by atoms with E-state index in [4.69, 9.17) is 5.41 Å². The zero-order valence-corrected chi connectivity index (χ0v) is 14.7. The molecule has 0 amide bonds. The molecule has 1 aliphatic rings. The van der Waals surface area contributed by atoms with Gasteiger partial charge in [-0.05, 0) is 12.8 Å². The highest BCUT2D eigenvalue weighted by atomic mass is 32.1. The van der Waals surface area contributed by atoms with Gasteiger partial charge in [0, 0.05) is 37.4 Å². The lowest BCUT2D eigenvalue weighted by molar-refractivity contribution is -0.141. The van der Waals surface area contributed by atoms with Crippen LogP contribution in [0.25, 0.3) is 10.5 Å². The molecule has 2 aromatic heterocycles. The Kier molecular flexibility index (Phi) is 4.78. The second-order valence-electron chi connectivity index (χ2n) is 6.24. The lowest BCUT2D eigenvalue weighted by Crippen LogP contribution is -2.40. The molecular weight excluding hydrogens is 393 g/mol. The quantitative estimate of drug-likeness (QED) is 0.589. The smallest absolute Gasteiger partial charge is 0.390 e. The molecule has 0 aliphatic heterocycles. The molecule has 3 rings (SSSR count). The Labute approximate surface area is 153 Å². The van der Waals surface area contributed by atoms with E-state index in [1.165, 1.54) is 6.92 Å². The minimum atomic E-state index is -4.92. The van der Waals surface area contributed by atoms with Crippen LogP contribution in [0.1, 0.15) is 29.1 Å². The molecule has 1 aliphatic carbocycles. The van der Waals surface area contributed by atoms with E-state index in [2.05, 4.69) is 15.4 Å². The van der Waals surface area contributed by atoms with Crippen LogP contribution in [0.3, 0.4) is 0 Å². The molecule has 27 heavy (non-hydrogen) atoms. The molecule has 2 N–H and O–H groups in total. The highest BCUT2D eigenvalue weighted by Gasteiger charge is 2.44. The monoisotopic (exact) mass is 407 g/mol. The van der Waals surface area contributed by atoms with Crippen LogP contribution in [0.5, 0.6) is 0 Å². The van der Waals surface area contributed by atoms with E-state index in [9.17, 15) is 26.7 Å². The molecule has 146 valence electrons. The molecule has 2 aromatic rings. The number of aryl methyl sites for hydroxylation is 1. The second kappa shape index (κ2) is 6.66. The standard InChI is InChI=1S/C15H14F5N5OS/c1-7-24-25-12(26)10(11(15(18,19)20)23-13(25)27-7)9(4-21)6-22-5-8-2-14(16,17)3-8/h4,6,8,21-22H,2-3,5H2,1H3/b9-6+,21-4?. The van der Waals surface area contributed by atoms with Crippen molar-refractivity contribution in [3.05, 3.63) is 32.8 Å². The Morgan fingerprint density at radius 1 is 1.44 bits per heavy atom. The molecule has 0 aromatic carbocycles. The molecule has 1 fully saturated rings. The number of alkyl halides is 5. The Morgan fingerprint density at radius 3 is 2.67 bits per heavy atom. The van der Waals surface area contributed by atoms with Crippen molar-refractivity contribution < 1.29 is 22.0 Å². The van der Waals surface area contributed by atoms with E-state index in [1.54, 1.807) is 0 Å². The van der Waals surface area contributed by atoms with Crippen LogP contribution in [-0.4, -0.2) is 33.3 Å². The van der Waals surface area contributed by atoms with Gasteiger partial charge in [0.25, 0.3) is 5.56 Å². The van der Waals surface area contributed by atoms with Crippen molar-refractivity contribution in [2.45, 2.75) is 31.9 Å². The van der Waals surface area contributed by atoms with E-state index in [0.29, 0.717) is 11.2 Å². The summed E-state index contributed by atoms with van der Waals surface area (Å²) in [7, 11) is 0. The zero-order chi connectivity index (χ0) is 20.0. The van der Waals surface area contributed by atoms with Crippen LogP contribution >= 0.6 is 11.3 Å². The van der Waals surface area contributed by atoms with E-state index in [1.807, 2.05) is 0 Å². The number of hydrogen-bond donors (Lipinski definition) is 2. The minimum Gasteiger partial charge on any atom is -0.390 e. The fourth-order valence-electron chi connectivity index (χ4n) is 2.86. The maximum Gasteiger partial charge on any atom is 0.434 e. The molecule has 12 heteroatoms. The number of hydrogen-bond acceptors (Lipinski definition) is 6. The number of aromatic nitrogens is 3. The number of halogens is 5. The second-order valence-corrected chi connectivity index (χ2v) is 7.40. The Bertz CT molecular complexity index is 969. The summed E-state index contributed by atoms with van der Waals surface area (Å²) in [6, 6.07) is 0. The van der Waals surface area contributed by atoms with E-state index < -0.39 is 28.9 Å². The molecule has 1 saturated carbocycles. The molecule has 6 nitrogen and oxygen atoms in total. The van der Waals surface area contributed by atoms with E-state index >= 15 is 0 Å². The SMILES string of the molecule is Cc1nn2c(=O)c(/C(C=N)=C/NCC3CC(F)(F)C3)c(C(F)(F)F)nc2s1. The summed E-state index contributed by atoms with van der Waals surface area (Å²) in [4.78, 5) is 15.9. The maximum absolute atomic E-state index is 13.4. The predicted octanol–water partition coefficient (Wildman–Crippen LogP) is 3.10. The van der Waals surface area contributed by atoms with Crippen molar-refractivity contribution in [1.82, 2.24) is 19.9 Å². The average molecular weight is 407 g/mol. The van der Waals surface area contributed by atoms with Gasteiger partial charge in [-0.3, -0.25) is 4.79 Å². The Morgan fingerprint density at radius 2 is 2.11 bits per heavy atom. The van der Waals surface area contributed by atoms with Crippen LogP contribution in [0.15, 0.2) is 11.0 Å². The number of rotatable bonds is 5. The van der Waals surface area contributed by atoms with Gasteiger partial charge in [-0.15, -0.1) is 0 Å². The van der Waals surface area contributed by atoms with Crippen LogP contribution in [0.4, 0.5) is 22.0 Å². The molecule has 0 atom stereocenters. The Balaban J connectivity index is 1.99. The van der Waals surface area contributed by atoms with Crippen molar-refractivity contribution in [3.63, 3.8) is 0 Å². The number of allylic oxidation sites excluding steroid dienone is 1. The van der Waals surface area contributed by atoms with Gasteiger partial charge in [0.05, 0.1) is 5.56 Å². The summed E-state index contributed by atoms with van der Waals surface area (Å²) >= 11 is 0.834. The van der Waals surface area contributed by atoms with Crippen molar-refractivity contribution >= 4 is 28.1 Å². The molecule has 0 saturated heterocycles. The van der Waals surface area contributed by atoms with Gasteiger partial charge in [0.1, 0.15) is 5.01 Å². The molecule has 0 bridgehead atoms. The maximum atomic E-state index is 13.4. The van der Waals surface area contributed by atoms with E-state index in [-0.39, 0.29) is 35.8 Å². The van der Waals surface area contributed by atoms with Gasteiger partial charge in [0.2, 0.25) is 10.9 Å². The van der Waals surface area contributed by atoms with Crippen molar-refractivity contribution in [2.24, 2.45) is 5.92 Å². The summed E-state index contributed by atoms with van der Waals surface area (Å²) in [6.07, 6.45) is -3.91. The molecule has 0 unspecified atom stereocenters. The van der Waals surface area contributed by atoms with Crippen molar-refractivity contribution in [3.8, 4) is 0 Å². The molecule has 2 heterocycles. The number of nitrogens with one attached hydrogen (secondary N) is 2. The van der Waals surface area contributed by atoms with Crippen molar-refractivity contribution in [2.75, 3.05) is 6.54 Å². The van der Waals surface area contributed by atoms with Crippen LogP contribution in [0, 0.1) is 18.3 Å². The Hall–Kier alpha value is -2.37. The summed E-state index contributed by atoms with van der Waals surface area (Å²) in [5.41, 5.74) is -3.64. The van der Waals surface area contributed by atoms with Crippen LogP contribution in [-0.2, 0) is 6.18 Å². The highest BCUT2D eigenvalue weighted by molar-refractivity contribution is 7.16. The summed E-state index contributed by atoms with van der Waals surface area (Å²) in [5, 5.41) is 14.2. The van der Waals surface area contributed by atoms with Gasteiger partial charge in [-0.1, -0.05) is 11.3 Å². The third kappa shape index (κ3) is 3.84. The topological polar surface area (TPSA) is 83.1 Å². The summed E-state index contributed by atoms with van der Waals surface area (Å²) < 4.78 is 66.7. The average Bonchev–Trinajstić information content (AvgIpc) is 2.90. The summed E-state index contributed by atoms with van der Waals surface area (Å²) in [6.45, 7) is 1.62. The highest BCUT2D eigenvalue weighted by Crippen LogP contribution is 2.41. The zero-order valence-electron chi connectivity index (χ0n) is 13.9. The van der Waals surface area contributed by atoms with Gasteiger partial charge in [0.15, 0.2) is 5.69 Å². The fourth-order valence-corrected chi connectivity index (χ4v) is 3.59. The summed E-state index contributed by atoms with van der Waals surface area (Å²) in [5.74, 6) is -3.03. The fraction of sp³-hybridized carbons (Fsp3) is 0.467. The molecule has 0 radical (unpaired) electrons. The predicted molar refractivity (Wildman–Crippen MR) is 89.3 cm³/mol. The van der Waals surface area contributed by atoms with Crippen molar-refractivity contribution in [1.29, 1.82) is 5.41 Å². The largest absolute Gasteiger partial charge is 0.434 e. The first-order valence-electron chi connectivity index (χ1n) is 7.82. The lowest BCUT2D eigenvalue weighted by Gasteiger charge is -2.34. The number of fused-ring (bicyclic) bond motifs is 1. The first-order chi connectivity index (χ1) is 12.5. The third-order valence-corrected chi connectivity index (χ3v) is 4.89. The molecule has 0 spiro atoms. The number of nitrogens with zero attached hydrogens (tertiary/aromatic N) is 3. The first kappa shape index (κ1) is 19.4. The van der Waals surface area contributed by atoms with Gasteiger partial charge in [-0.2, -0.15) is 22.8 Å².